The van der Waals surface area contributed by atoms with Crippen molar-refractivity contribution in [3.05, 3.63) is 41.1 Å². The maximum absolute atomic E-state index is 13.8. The third-order valence-corrected chi connectivity index (χ3v) is 6.57. The van der Waals surface area contributed by atoms with Crippen molar-refractivity contribution in [2.45, 2.75) is 57.3 Å². The minimum absolute atomic E-state index is 0.0301. The van der Waals surface area contributed by atoms with Crippen LogP contribution in [0.4, 0.5) is 30.6 Å². The predicted octanol–water partition coefficient (Wildman–Crippen LogP) is 4.87. The normalized spacial score (nSPS) is 21.5. The zero-order chi connectivity index (χ0) is 22.9. The lowest BCUT2D eigenvalue weighted by molar-refractivity contribution is -0.137. The molecule has 0 bridgehead atoms. The van der Waals surface area contributed by atoms with Gasteiger partial charge in [0.05, 0.1) is 11.6 Å². The van der Waals surface area contributed by atoms with Crippen LogP contribution in [-0.4, -0.2) is 47.1 Å². The zero-order valence-electron chi connectivity index (χ0n) is 18.3. The Balaban J connectivity index is 1.67. The number of nitriles is 1. The van der Waals surface area contributed by atoms with E-state index < -0.39 is 11.7 Å². The van der Waals surface area contributed by atoms with Gasteiger partial charge in [0.15, 0.2) is 0 Å². The summed E-state index contributed by atoms with van der Waals surface area (Å²) in [5.41, 5.74) is 1.02. The van der Waals surface area contributed by atoms with Gasteiger partial charge in [0.2, 0.25) is 5.95 Å². The summed E-state index contributed by atoms with van der Waals surface area (Å²) in [5, 5.41) is 12.2. The van der Waals surface area contributed by atoms with E-state index in [0.717, 1.165) is 57.0 Å². The summed E-state index contributed by atoms with van der Waals surface area (Å²) in [4.78, 5) is 12.3. The standard InChI is InChI=1S/C23H27F3N6/c1-15-8-9-17(12-16(15)13-27)29-22-28-14-18(23(24,25)26)21(30-22)31(2)19-7-5-11-32-10-4-3-6-20(19)32/h8-9,12,14,19-20H,3-7,10-11H2,1-2H3,(H,28,29,30)/t19-,20+/m0/s1. The largest absolute Gasteiger partial charge is 0.421 e. The van der Waals surface area contributed by atoms with E-state index in [1.165, 1.54) is 0 Å². The van der Waals surface area contributed by atoms with E-state index in [9.17, 15) is 18.4 Å². The molecule has 0 spiro atoms. The van der Waals surface area contributed by atoms with Gasteiger partial charge in [-0.1, -0.05) is 12.5 Å². The van der Waals surface area contributed by atoms with Crippen LogP contribution in [0, 0.1) is 18.3 Å². The number of fused-ring (bicyclic) bond motifs is 1. The fraction of sp³-hybridized carbons (Fsp3) is 0.522. The van der Waals surface area contributed by atoms with Crippen LogP contribution in [0.15, 0.2) is 24.4 Å². The number of halogens is 3. The Hall–Kier alpha value is -2.86. The topological polar surface area (TPSA) is 68.1 Å². The summed E-state index contributed by atoms with van der Waals surface area (Å²) in [6, 6.07) is 7.48. The predicted molar refractivity (Wildman–Crippen MR) is 117 cm³/mol. The first-order valence-corrected chi connectivity index (χ1v) is 11.0. The third-order valence-electron chi connectivity index (χ3n) is 6.57. The number of nitrogens with zero attached hydrogens (tertiary/aromatic N) is 5. The maximum atomic E-state index is 13.8. The van der Waals surface area contributed by atoms with Crippen LogP contribution in [0.2, 0.25) is 0 Å². The van der Waals surface area contributed by atoms with Crippen LogP contribution in [0.25, 0.3) is 0 Å². The van der Waals surface area contributed by atoms with Crippen LogP contribution in [0.3, 0.4) is 0 Å². The van der Waals surface area contributed by atoms with Crippen molar-refractivity contribution in [2.75, 3.05) is 30.4 Å². The zero-order valence-corrected chi connectivity index (χ0v) is 18.3. The Labute approximate surface area is 186 Å². The van der Waals surface area contributed by atoms with Crippen LogP contribution < -0.4 is 10.2 Å². The van der Waals surface area contributed by atoms with E-state index in [1.807, 2.05) is 6.92 Å². The van der Waals surface area contributed by atoms with E-state index in [4.69, 9.17) is 0 Å². The fourth-order valence-corrected chi connectivity index (χ4v) is 4.89. The molecular weight excluding hydrogens is 417 g/mol. The molecule has 32 heavy (non-hydrogen) atoms. The summed E-state index contributed by atoms with van der Waals surface area (Å²) >= 11 is 0. The molecule has 6 nitrogen and oxygen atoms in total. The van der Waals surface area contributed by atoms with Gasteiger partial charge in [-0.15, -0.1) is 0 Å². The highest BCUT2D eigenvalue weighted by Gasteiger charge is 2.41. The van der Waals surface area contributed by atoms with Gasteiger partial charge in [-0.3, -0.25) is 4.90 Å². The van der Waals surface area contributed by atoms with Gasteiger partial charge in [0.1, 0.15) is 11.4 Å². The van der Waals surface area contributed by atoms with E-state index in [2.05, 4.69) is 26.3 Å². The highest BCUT2D eigenvalue weighted by molar-refractivity contribution is 5.60. The molecule has 170 valence electrons. The quantitative estimate of drug-likeness (QED) is 0.726. The van der Waals surface area contributed by atoms with Crippen molar-refractivity contribution in [3.63, 3.8) is 0 Å². The fourth-order valence-electron chi connectivity index (χ4n) is 4.89. The maximum Gasteiger partial charge on any atom is 0.421 e. The lowest BCUT2D eigenvalue weighted by atomic mass is 9.88. The minimum atomic E-state index is -4.55. The molecule has 2 atom stereocenters. The molecule has 3 heterocycles. The molecule has 2 aliphatic heterocycles. The molecule has 1 aromatic carbocycles. The first kappa shape index (κ1) is 22.3. The molecule has 2 saturated heterocycles. The van der Waals surface area contributed by atoms with Crippen molar-refractivity contribution in [1.82, 2.24) is 14.9 Å². The number of hydrogen-bond acceptors (Lipinski definition) is 6. The second-order valence-electron chi connectivity index (χ2n) is 8.61. The van der Waals surface area contributed by atoms with Gasteiger partial charge in [-0.25, -0.2) is 4.98 Å². The molecule has 0 saturated carbocycles. The number of nitrogens with one attached hydrogen (secondary N) is 1. The van der Waals surface area contributed by atoms with E-state index in [0.29, 0.717) is 11.3 Å². The second kappa shape index (κ2) is 8.94. The van der Waals surface area contributed by atoms with Crippen LogP contribution in [0.5, 0.6) is 0 Å². The number of anilines is 3. The van der Waals surface area contributed by atoms with Gasteiger partial charge in [0, 0.05) is 31.0 Å². The van der Waals surface area contributed by atoms with Gasteiger partial charge in [-0.2, -0.15) is 23.4 Å². The third kappa shape index (κ3) is 4.51. The average Bonchev–Trinajstić information content (AvgIpc) is 2.78. The molecule has 1 N–H and O–H groups in total. The Kier molecular flexibility index (Phi) is 6.24. The monoisotopic (exact) mass is 444 g/mol. The van der Waals surface area contributed by atoms with Crippen molar-refractivity contribution in [2.24, 2.45) is 0 Å². The number of alkyl halides is 3. The Morgan fingerprint density at radius 3 is 2.72 bits per heavy atom. The van der Waals surface area contributed by atoms with Crippen LogP contribution >= 0.6 is 0 Å². The van der Waals surface area contributed by atoms with E-state index in [1.54, 1.807) is 30.1 Å². The van der Waals surface area contributed by atoms with E-state index >= 15 is 0 Å². The Morgan fingerprint density at radius 1 is 1.19 bits per heavy atom. The molecule has 0 aliphatic carbocycles. The smallest absolute Gasteiger partial charge is 0.354 e. The number of rotatable bonds is 4. The van der Waals surface area contributed by atoms with Crippen molar-refractivity contribution >= 4 is 17.5 Å². The number of hydrogen-bond donors (Lipinski definition) is 1. The summed E-state index contributed by atoms with van der Waals surface area (Å²) in [7, 11) is 1.71. The first-order chi connectivity index (χ1) is 15.3. The molecular formula is C23H27F3N6. The molecule has 0 unspecified atom stereocenters. The van der Waals surface area contributed by atoms with Gasteiger partial charge >= 0.3 is 6.18 Å². The van der Waals surface area contributed by atoms with Crippen LogP contribution in [-0.2, 0) is 6.18 Å². The lowest BCUT2D eigenvalue weighted by Crippen LogP contribution is -2.56. The number of aryl methyl sites for hydroxylation is 1. The van der Waals surface area contributed by atoms with Crippen LogP contribution in [0.1, 0.15) is 48.8 Å². The second-order valence-corrected chi connectivity index (χ2v) is 8.61. The summed E-state index contributed by atoms with van der Waals surface area (Å²) < 4.78 is 41.5. The number of aromatic nitrogens is 2. The Morgan fingerprint density at radius 2 is 1.97 bits per heavy atom. The average molecular weight is 445 g/mol. The minimum Gasteiger partial charge on any atom is -0.354 e. The van der Waals surface area contributed by atoms with Crippen molar-refractivity contribution in [3.8, 4) is 6.07 Å². The summed E-state index contributed by atoms with van der Waals surface area (Å²) in [6.07, 6.45) is 1.33. The number of benzene rings is 1. The lowest BCUT2D eigenvalue weighted by Gasteiger charge is -2.48. The molecule has 2 aliphatic rings. The number of likely N-dealkylation sites (N-methyl/N-ethyl adjacent to an activating group) is 1. The highest BCUT2D eigenvalue weighted by Crippen LogP contribution is 2.38. The molecule has 0 amide bonds. The van der Waals surface area contributed by atoms with Crippen molar-refractivity contribution in [1.29, 1.82) is 5.26 Å². The molecule has 4 rings (SSSR count). The first-order valence-electron chi connectivity index (χ1n) is 11.0. The molecule has 0 radical (unpaired) electrons. The molecule has 2 fully saturated rings. The molecule has 1 aromatic heterocycles. The van der Waals surface area contributed by atoms with Gasteiger partial charge in [-0.05, 0) is 63.4 Å². The highest BCUT2D eigenvalue weighted by atomic mass is 19.4. The SMILES string of the molecule is Cc1ccc(Nc2ncc(C(F)(F)F)c(N(C)[C@H]3CCCN4CCCC[C@H]34)n2)cc1C#N. The Bertz CT molecular complexity index is 1010. The summed E-state index contributed by atoms with van der Waals surface area (Å²) in [6.45, 7) is 3.83. The van der Waals surface area contributed by atoms with Gasteiger partial charge in [0.25, 0.3) is 0 Å². The summed E-state index contributed by atoms with van der Waals surface area (Å²) in [5.74, 6) is -0.0380. The van der Waals surface area contributed by atoms with Gasteiger partial charge < -0.3 is 10.2 Å². The van der Waals surface area contributed by atoms with Crippen molar-refractivity contribution < 1.29 is 13.2 Å². The molecule has 2 aromatic rings. The molecule has 9 heteroatoms. The number of piperidine rings is 2. The van der Waals surface area contributed by atoms with E-state index in [-0.39, 0.29) is 23.8 Å².